The largest absolute Gasteiger partial charge is 0.368 e. The van der Waals surface area contributed by atoms with Crippen molar-refractivity contribution in [2.75, 3.05) is 11.9 Å². The summed E-state index contributed by atoms with van der Waals surface area (Å²) < 4.78 is 13.8. The number of aryl methyl sites for hydroxylation is 2. The van der Waals surface area contributed by atoms with E-state index in [2.05, 4.69) is 20.3 Å². The summed E-state index contributed by atoms with van der Waals surface area (Å²) in [6, 6.07) is 5.59. The van der Waals surface area contributed by atoms with Crippen LogP contribution in [0.4, 0.5) is 10.2 Å². The van der Waals surface area contributed by atoms with Gasteiger partial charge in [0.15, 0.2) is 17.5 Å². The average Bonchev–Trinajstić information content (AvgIpc) is 2.35. The highest BCUT2D eigenvalue weighted by atomic mass is 19.1. The number of hydrogen-bond donors (Lipinski definition) is 1. The number of halogens is 1. The number of pyridine rings is 1. The molecule has 0 bridgehead atoms. The number of aromatic nitrogens is 3. The van der Waals surface area contributed by atoms with Gasteiger partial charge in [0.25, 0.3) is 0 Å². The van der Waals surface area contributed by atoms with E-state index in [1.165, 1.54) is 0 Å². The summed E-state index contributed by atoms with van der Waals surface area (Å²) in [5, 5.41) is 2.89. The minimum Gasteiger partial charge on any atom is -0.368 e. The van der Waals surface area contributed by atoms with Crippen molar-refractivity contribution in [2.45, 2.75) is 20.8 Å². The molecule has 1 N–H and O–H groups in total. The first-order chi connectivity index (χ1) is 8.61. The van der Waals surface area contributed by atoms with Gasteiger partial charge in [-0.3, -0.25) is 0 Å². The molecule has 0 amide bonds. The van der Waals surface area contributed by atoms with Gasteiger partial charge >= 0.3 is 0 Å². The average molecular weight is 246 g/mol. The second kappa shape index (κ2) is 5.08. The Hall–Kier alpha value is -2.04. The third-order valence-corrected chi connectivity index (χ3v) is 2.48. The fourth-order valence-electron chi connectivity index (χ4n) is 1.63. The maximum Gasteiger partial charge on any atom is 0.186 e. The second-order valence-electron chi connectivity index (χ2n) is 3.99. The first kappa shape index (κ1) is 12.4. The smallest absolute Gasteiger partial charge is 0.186 e. The van der Waals surface area contributed by atoms with Crippen LogP contribution in [0.3, 0.4) is 0 Å². The highest BCUT2D eigenvalue weighted by Gasteiger charge is 2.12. The summed E-state index contributed by atoms with van der Waals surface area (Å²) in [5.41, 5.74) is 1.85. The van der Waals surface area contributed by atoms with Crippen LogP contribution in [0, 0.1) is 19.7 Å². The van der Waals surface area contributed by atoms with Crippen molar-refractivity contribution in [1.82, 2.24) is 15.0 Å². The van der Waals surface area contributed by atoms with Crippen molar-refractivity contribution in [1.29, 1.82) is 0 Å². The van der Waals surface area contributed by atoms with E-state index < -0.39 is 5.82 Å². The van der Waals surface area contributed by atoms with E-state index in [1.54, 1.807) is 6.92 Å². The fourth-order valence-corrected chi connectivity index (χ4v) is 1.63. The lowest BCUT2D eigenvalue weighted by atomic mass is 10.3. The van der Waals surface area contributed by atoms with Crippen molar-refractivity contribution in [3.63, 3.8) is 0 Å². The summed E-state index contributed by atoms with van der Waals surface area (Å²) in [4.78, 5) is 12.7. The Labute approximate surface area is 105 Å². The molecule has 0 aromatic carbocycles. The Bertz CT molecular complexity index is 569. The van der Waals surface area contributed by atoms with Gasteiger partial charge in [-0.2, -0.15) is 0 Å². The Balaban J connectivity index is 2.51. The van der Waals surface area contributed by atoms with Crippen LogP contribution >= 0.6 is 0 Å². The third-order valence-electron chi connectivity index (χ3n) is 2.48. The predicted octanol–water partition coefficient (Wildman–Crippen LogP) is 2.73. The van der Waals surface area contributed by atoms with E-state index in [1.807, 2.05) is 32.0 Å². The zero-order chi connectivity index (χ0) is 13.1. The molecule has 2 rings (SSSR count). The van der Waals surface area contributed by atoms with E-state index in [9.17, 15) is 4.39 Å². The molecule has 0 unspecified atom stereocenters. The molecule has 2 aromatic heterocycles. The molecular weight excluding hydrogens is 231 g/mol. The molecule has 94 valence electrons. The normalized spacial score (nSPS) is 10.4. The van der Waals surface area contributed by atoms with E-state index in [-0.39, 0.29) is 5.82 Å². The monoisotopic (exact) mass is 246 g/mol. The maximum atomic E-state index is 13.8. The molecule has 0 spiro atoms. The molecule has 2 heterocycles. The number of nitrogens with zero attached hydrogens (tertiary/aromatic N) is 3. The molecule has 0 saturated carbocycles. The Kier molecular flexibility index (Phi) is 3.50. The van der Waals surface area contributed by atoms with Crippen LogP contribution in [0.25, 0.3) is 11.5 Å². The summed E-state index contributed by atoms with van der Waals surface area (Å²) in [7, 11) is 0. The summed E-state index contributed by atoms with van der Waals surface area (Å²) in [6.45, 7) is 6.01. The molecule has 0 aliphatic rings. The van der Waals surface area contributed by atoms with E-state index >= 15 is 0 Å². The molecule has 0 radical (unpaired) electrons. The third kappa shape index (κ3) is 2.45. The van der Waals surface area contributed by atoms with Crippen LogP contribution < -0.4 is 5.32 Å². The zero-order valence-electron chi connectivity index (χ0n) is 10.7. The topological polar surface area (TPSA) is 50.7 Å². The highest BCUT2D eigenvalue weighted by Crippen LogP contribution is 2.19. The van der Waals surface area contributed by atoms with Gasteiger partial charge in [-0.05, 0) is 32.9 Å². The minimum atomic E-state index is -0.409. The molecule has 0 fully saturated rings. The van der Waals surface area contributed by atoms with Crippen LogP contribution in [-0.4, -0.2) is 21.5 Å². The Morgan fingerprint density at radius 3 is 2.61 bits per heavy atom. The van der Waals surface area contributed by atoms with Crippen molar-refractivity contribution < 1.29 is 4.39 Å². The molecule has 5 heteroatoms. The molecule has 0 saturated heterocycles. The fraction of sp³-hybridized carbons (Fsp3) is 0.308. The van der Waals surface area contributed by atoms with Gasteiger partial charge in [0.2, 0.25) is 0 Å². The molecule has 0 aliphatic heterocycles. The molecule has 0 aliphatic carbocycles. The predicted molar refractivity (Wildman–Crippen MR) is 68.9 cm³/mol. The number of rotatable bonds is 3. The quantitative estimate of drug-likeness (QED) is 0.904. The SMILES string of the molecule is CCNc1nc(-c2cccc(C)n2)nc(C)c1F. The van der Waals surface area contributed by atoms with Crippen LogP contribution in [0.15, 0.2) is 18.2 Å². The first-order valence-electron chi connectivity index (χ1n) is 5.84. The number of nitrogens with one attached hydrogen (secondary N) is 1. The second-order valence-corrected chi connectivity index (χ2v) is 3.99. The molecular formula is C13H15FN4. The Morgan fingerprint density at radius 1 is 1.17 bits per heavy atom. The lowest BCUT2D eigenvalue weighted by Crippen LogP contribution is -2.07. The van der Waals surface area contributed by atoms with Gasteiger partial charge in [0.1, 0.15) is 5.69 Å². The minimum absolute atomic E-state index is 0.225. The summed E-state index contributed by atoms with van der Waals surface area (Å²) in [5.74, 6) is 0.255. The van der Waals surface area contributed by atoms with Crippen molar-refractivity contribution in [2.24, 2.45) is 0 Å². The Morgan fingerprint density at radius 2 is 1.94 bits per heavy atom. The van der Waals surface area contributed by atoms with E-state index in [4.69, 9.17) is 0 Å². The van der Waals surface area contributed by atoms with Gasteiger partial charge < -0.3 is 5.32 Å². The van der Waals surface area contributed by atoms with Gasteiger partial charge in [-0.25, -0.2) is 19.3 Å². The van der Waals surface area contributed by atoms with Gasteiger partial charge in [-0.1, -0.05) is 6.07 Å². The summed E-state index contributed by atoms with van der Waals surface area (Å²) in [6.07, 6.45) is 0. The lowest BCUT2D eigenvalue weighted by molar-refractivity contribution is 0.606. The van der Waals surface area contributed by atoms with Crippen LogP contribution in [0.5, 0.6) is 0 Å². The van der Waals surface area contributed by atoms with Crippen LogP contribution in [0.1, 0.15) is 18.3 Å². The number of anilines is 1. The van der Waals surface area contributed by atoms with Gasteiger partial charge in [0, 0.05) is 12.2 Å². The van der Waals surface area contributed by atoms with Crippen LogP contribution in [0.2, 0.25) is 0 Å². The summed E-state index contributed by atoms with van der Waals surface area (Å²) >= 11 is 0. The molecule has 4 nitrogen and oxygen atoms in total. The standard InChI is InChI=1S/C13H15FN4/c1-4-15-13-11(14)9(3)17-12(18-13)10-7-5-6-8(2)16-10/h5-7H,4H2,1-3H3,(H,15,17,18). The highest BCUT2D eigenvalue weighted by molar-refractivity contribution is 5.53. The van der Waals surface area contributed by atoms with E-state index in [0.717, 1.165) is 5.69 Å². The molecule has 0 atom stereocenters. The van der Waals surface area contributed by atoms with E-state index in [0.29, 0.717) is 23.8 Å². The maximum absolute atomic E-state index is 13.8. The zero-order valence-corrected chi connectivity index (χ0v) is 10.7. The molecule has 2 aromatic rings. The lowest BCUT2D eigenvalue weighted by Gasteiger charge is -2.08. The van der Waals surface area contributed by atoms with Crippen LogP contribution in [-0.2, 0) is 0 Å². The van der Waals surface area contributed by atoms with Crippen molar-refractivity contribution in [3.05, 3.63) is 35.4 Å². The van der Waals surface area contributed by atoms with Gasteiger partial charge in [0.05, 0.1) is 5.69 Å². The van der Waals surface area contributed by atoms with Crippen molar-refractivity contribution >= 4 is 5.82 Å². The first-order valence-corrected chi connectivity index (χ1v) is 5.84. The number of hydrogen-bond acceptors (Lipinski definition) is 4. The van der Waals surface area contributed by atoms with Crippen molar-refractivity contribution in [3.8, 4) is 11.5 Å². The van der Waals surface area contributed by atoms with Gasteiger partial charge in [-0.15, -0.1) is 0 Å². The molecule has 18 heavy (non-hydrogen) atoms.